The number of carboxylic acids is 1. The molecule has 0 aliphatic rings. The zero-order valence-electron chi connectivity index (χ0n) is 6.91. The molecule has 0 aliphatic carbocycles. The number of rotatable bonds is 5. The first-order valence-electron chi connectivity index (χ1n) is 3.68. The van der Waals surface area contributed by atoms with Crippen molar-refractivity contribution in [3.63, 3.8) is 0 Å². The van der Waals surface area contributed by atoms with Crippen LogP contribution in [0.5, 0.6) is 0 Å². The molecule has 0 spiro atoms. The molecule has 0 bridgehead atoms. The molecule has 0 saturated carbocycles. The van der Waals surface area contributed by atoms with Gasteiger partial charge in [0, 0.05) is 6.08 Å². The lowest BCUT2D eigenvalue weighted by Gasteiger charge is -2.06. The molecule has 0 rings (SSSR count). The second-order valence-corrected chi connectivity index (χ2v) is 2.29. The van der Waals surface area contributed by atoms with Crippen molar-refractivity contribution < 1.29 is 14.6 Å². The van der Waals surface area contributed by atoms with Gasteiger partial charge in [-0.15, -0.1) is 0 Å². The van der Waals surface area contributed by atoms with Gasteiger partial charge in [0.25, 0.3) is 0 Å². The topological polar surface area (TPSA) is 46.5 Å². The highest BCUT2D eigenvalue weighted by Crippen LogP contribution is 1.94. The highest BCUT2D eigenvalue weighted by molar-refractivity contribution is 5.79. The van der Waals surface area contributed by atoms with Crippen LogP contribution >= 0.6 is 0 Å². The monoisotopic (exact) mass is 158 g/mol. The zero-order chi connectivity index (χ0) is 8.69. The molecule has 1 atom stereocenters. The molecular formula is C8H14O3. The van der Waals surface area contributed by atoms with E-state index in [2.05, 4.69) is 0 Å². The van der Waals surface area contributed by atoms with Crippen molar-refractivity contribution in [2.24, 2.45) is 0 Å². The largest absolute Gasteiger partial charge is 0.478 e. The van der Waals surface area contributed by atoms with Gasteiger partial charge in [-0.05, 0) is 13.3 Å². The third kappa shape index (κ3) is 7.06. The molecule has 3 nitrogen and oxygen atoms in total. The average molecular weight is 158 g/mol. The van der Waals surface area contributed by atoms with Crippen LogP contribution in [0.3, 0.4) is 0 Å². The van der Waals surface area contributed by atoms with Crippen LogP contribution in [0, 0.1) is 0 Å². The predicted octanol–water partition coefficient (Wildman–Crippen LogP) is 1.44. The summed E-state index contributed by atoms with van der Waals surface area (Å²) in [6, 6.07) is 0. The van der Waals surface area contributed by atoms with Crippen LogP contribution in [0.15, 0.2) is 12.2 Å². The van der Waals surface area contributed by atoms with Gasteiger partial charge in [-0.3, -0.25) is 0 Å². The summed E-state index contributed by atoms with van der Waals surface area (Å²) in [5, 5.41) is 8.19. The number of ether oxygens (including phenoxy) is 1. The van der Waals surface area contributed by atoms with E-state index in [9.17, 15) is 4.79 Å². The van der Waals surface area contributed by atoms with Gasteiger partial charge in [0.05, 0.1) is 12.7 Å². The van der Waals surface area contributed by atoms with Crippen molar-refractivity contribution in [1.29, 1.82) is 0 Å². The van der Waals surface area contributed by atoms with E-state index in [-0.39, 0.29) is 6.10 Å². The van der Waals surface area contributed by atoms with E-state index in [0.29, 0.717) is 6.61 Å². The number of carbonyl (C=O) groups is 1. The van der Waals surface area contributed by atoms with Gasteiger partial charge in [0.1, 0.15) is 0 Å². The van der Waals surface area contributed by atoms with E-state index in [1.165, 1.54) is 6.08 Å². The van der Waals surface area contributed by atoms with Gasteiger partial charge in [-0.2, -0.15) is 0 Å². The fourth-order valence-corrected chi connectivity index (χ4v) is 0.487. The van der Waals surface area contributed by atoms with Crippen LogP contribution in [0.4, 0.5) is 0 Å². The maximum atomic E-state index is 9.97. The minimum atomic E-state index is -0.933. The quantitative estimate of drug-likeness (QED) is 0.616. The standard InChI is InChI=1S/C8H14O3/c1-3-7(2)11-6-4-5-8(9)10/h4-5,7H,3,6H2,1-2H3,(H,9,10). The number of carboxylic acid groups (broad SMARTS) is 1. The van der Waals surface area contributed by atoms with Crippen LogP contribution in [0.2, 0.25) is 0 Å². The minimum absolute atomic E-state index is 0.202. The van der Waals surface area contributed by atoms with Gasteiger partial charge in [0.15, 0.2) is 0 Å². The Morgan fingerprint density at radius 1 is 1.73 bits per heavy atom. The number of hydrogen-bond acceptors (Lipinski definition) is 2. The Balaban J connectivity index is 3.33. The summed E-state index contributed by atoms with van der Waals surface area (Å²) < 4.78 is 5.19. The van der Waals surface area contributed by atoms with E-state index in [1.54, 1.807) is 0 Å². The summed E-state index contributed by atoms with van der Waals surface area (Å²) in [5.74, 6) is -0.933. The first-order valence-corrected chi connectivity index (χ1v) is 3.68. The smallest absolute Gasteiger partial charge is 0.328 e. The molecule has 0 radical (unpaired) electrons. The third-order valence-electron chi connectivity index (χ3n) is 1.31. The molecule has 3 heteroatoms. The Bertz CT molecular complexity index is 140. The normalized spacial score (nSPS) is 13.6. The Morgan fingerprint density at radius 2 is 2.36 bits per heavy atom. The fourth-order valence-electron chi connectivity index (χ4n) is 0.487. The highest BCUT2D eigenvalue weighted by atomic mass is 16.5. The second-order valence-electron chi connectivity index (χ2n) is 2.29. The minimum Gasteiger partial charge on any atom is -0.478 e. The SMILES string of the molecule is CCC(C)OCC=CC(=O)O. The summed E-state index contributed by atoms with van der Waals surface area (Å²) >= 11 is 0. The number of aliphatic carboxylic acids is 1. The van der Waals surface area contributed by atoms with Crippen LogP contribution in [0.25, 0.3) is 0 Å². The molecule has 1 unspecified atom stereocenters. The van der Waals surface area contributed by atoms with E-state index in [4.69, 9.17) is 9.84 Å². The molecule has 0 aromatic carbocycles. The first kappa shape index (κ1) is 10.2. The van der Waals surface area contributed by atoms with E-state index >= 15 is 0 Å². The summed E-state index contributed by atoms with van der Waals surface area (Å²) in [4.78, 5) is 9.97. The average Bonchev–Trinajstić information content (AvgIpc) is 1.97. The molecule has 1 N–H and O–H groups in total. The second kappa shape index (κ2) is 5.92. The van der Waals surface area contributed by atoms with Gasteiger partial charge in [0.2, 0.25) is 0 Å². The molecule has 0 aromatic heterocycles. The Kier molecular flexibility index (Phi) is 5.47. The van der Waals surface area contributed by atoms with Crippen molar-refractivity contribution in [3.05, 3.63) is 12.2 Å². The summed E-state index contributed by atoms with van der Waals surface area (Å²) in [5.41, 5.74) is 0. The van der Waals surface area contributed by atoms with Crippen LogP contribution in [-0.2, 0) is 9.53 Å². The first-order chi connectivity index (χ1) is 5.16. The van der Waals surface area contributed by atoms with Gasteiger partial charge >= 0.3 is 5.97 Å². The van der Waals surface area contributed by atoms with Gasteiger partial charge in [-0.1, -0.05) is 13.0 Å². The molecule has 11 heavy (non-hydrogen) atoms. The van der Waals surface area contributed by atoms with Crippen molar-refractivity contribution >= 4 is 5.97 Å². The van der Waals surface area contributed by atoms with Crippen molar-refractivity contribution in [2.75, 3.05) is 6.61 Å². The van der Waals surface area contributed by atoms with Crippen LogP contribution in [-0.4, -0.2) is 23.8 Å². The zero-order valence-corrected chi connectivity index (χ0v) is 6.91. The molecule has 0 aliphatic heterocycles. The molecule has 0 aromatic rings. The highest BCUT2D eigenvalue weighted by Gasteiger charge is 1.94. The van der Waals surface area contributed by atoms with Crippen molar-refractivity contribution in [1.82, 2.24) is 0 Å². The Hall–Kier alpha value is -0.830. The Morgan fingerprint density at radius 3 is 2.82 bits per heavy atom. The Labute approximate surface area is 66.7 Å². The van der Waals surface area contributed by atoms with Crippen molar-refractivity contribution in [3.8, 4) is 0 Å². The fraction of sp³-hybridized carbons (Fsp3) is 0.625. The lowest BCUT2D eigenvalue weighted by Crippen LogP contribution is -2.06. The molecular weight excluding hydrogens is 144 g/mol. The van der Waals surface area contributed by atoms with E-state index in [1.807, 2.05) is 13.8 Å². The molecule has 0 heterocycles. The predicted molar refractivity (Wildman–Crippen MR) is 42.5 cm³/mol. The molecule has 0 amide bonds. The molecule has 0 fully saturated rings. The molecule has 64 valence electrons. The lowest BCUT2D eigenvalue weighted by atomic mass is 10.3. The van der Waals surface area contributed by atoms with E-state index < -0.39 is 5.97 Å². The summed E-state index contributed by atoms with van der Waals surface area (Å²) in [6.45, 7) is 4.35. The third-order valence-corrected chi connectivity index (χ3v) is 1.31. The van der Waals surface area contributed by atoms with Gasteiger partial charge < -0.3 is 9.84 Å². The van der Waals surface area contributed by atoms with Gasteiger partial charge in [-0.25, -0.2) is 4.79 Å². The van der Waals surface area contributed by atoms with E-state index in [0.717, 1.165) is 12.5 Å². The molecule has 0 saturated heterocycles. The summed E-state index contributed by atoms with van der Waals surface area (Å²) in [7, 11) is 0. The lowest BCUT2D eigenvalue weighted by molar-refractivity contribution is -0.131. The maximum Gasteiger partial charge on any atom is 0.328 e. The maximum absolute atomic E-state index is 9.97. The number of hydrogen-bond donors (Lipinski definition) is 1. The van der Waals surface area contributed by atoms with Crippen LogP contribution < -0.4 is 0 Å². The van der Waals surface area contributed by atoms with Crippen molar-refractivity contribution in [2.45, 2.75) is 26.4 Å². The summed E-state index contributed by atoms with van der Waals surface area (Å²) in [6.07, 6.45) is 3.73. The van der Waals surface area contributed by atoms with Crippen LogP contribution in [0.1, 0.15) is 20.3 Å².